The molecule has 1 heteroatoms. The van der Waals surface area contributed by atoms with Crippen molar-refractivity contribution in [1.82, 2.24) is 0 Å². The van der Waals surface area contributed by atoms with Crippen molar-refractivity contribution in [2.24, 2.45) is 4.99 Å². The van der Waals surface area contributed by atoms with E-state index in [0.29, 0.717) is 0 Å². The third kappa shape index (κ3) is 3.25. The van der Waals surface area contributed by atoms with E-state index in [2.05, 4.69) is 86.6 Å². The fraction of sp³-hybridized carbons (Fsp3) is 0.190. The zero-order valence-corrected chi connectivity index (χ0v) is 13.2. The number of aliphatic imine (C=N–C) groups is 1. The fourth-order valence-electron chi connectivity index (χ4n) is 2.94. The van der Waals surface area contributed by atoms with Crippen molar-refractivity contribution in [3.05, 3.63) is 83.9 Å². The number of hydrogen-bond acceptors (Lipinski definition) is 1. The van der Waals surface area contributed by atoms with Crippen LogP contribution in [0.5, 0.6) is 0 Å². The normalized spacial score (nSPS) is 13.3. The van der Waals surface area contributed by atoms with Gasteiger partial charge in [0, 0.05) is 11.3 Å². The maximum absolute atomic E-state index is 4.91. The zero-order chi connectivity index (χ0) is 15.4. The van der Waals surface area contributed by atoms with Crippen LogP contribution in [0.4, 0.5) is 0 Å². The first-order valence-electron chi connectivity index (χ1n) is 7.80. The molecule has 22 heavy (non-hydrogen) atoms. The van der Waals surface area contributed by atoms with Crippen LogP contribution >= 0.6 is 0 Å². The smallest absolute Gasteiger partial charge is 0.0515 e. The van der Waals surface area contributed by atoms with Crippen molar-refractivity contribution in [3.63, 3.8) is 0 Å². The van der Waals surface area contributed by atoms with Gasteiger partial charge in [-0.15, -0.1) is 0 Å². The molecule has 1 atom stereocenters. The molecule has 1 nitrogen and oxygen atoms in total. The van der Waals surface area contributed by atoms with Crippen molar-refractivity contribution in [3.8, 4) is 0 Å². The monoisotopic (exact) mass is 287 g/mol. The van der Waals surface area contributed by atoms with Gasteiger partial charge >= 0.3 is 0 Å². The van der Waals surface area contributed by atoms with E-state index in [1.807, 2.05) is 0 Å². The molecule has 0 aromatic heterocycles. The van der Waals surface area contributed by atoms with Gasteiger partial charge in [0.25, 0.3) is 0 Å². The molecule has 1 unspecified atom stereocenters. The molecule has 0 N–H and O–H groups in total. The third-order valence-corrected chi connectivity index (χ3v) is 3.97. The Balaban J connectivity index is 1.87. The minimum absolute atomic E-state index is 0.279. The van der Waals surface area contributed by atoms with Crippen LogP contribution in [-0.4, -0.2) is 11.8 Å². The van der Waals surface area contributed by atoms with Crippen LogP contribution in [0.2, 0.25) is 0 Å². The summed E-state index contributed by atoms with van der Waals surface area (Å²) in [7, 11) is 0. The molecule has 0 bridgehead atoms. The molecule has 0 aliphatic rings. The van der Waals surface area contributed by atoms with E-state index in [9.17, 15) is 0 Å². The third-order valence-electron chi connectivity index (χ3n) is 3.97. The van der Waals surface area contributed by atoms with E-state index in [1.54, 1.807) is 0 Å². The van der Waals surface area contributed by atoms with Gasteiger partial charge < -0.3 is 0 Å². The largest absolute Gasteiger partial charge is 0.286 e. The number of nitrogens with zero attached hydrogens (tertiary/aromatic N) is 1. The average molecular weight is 287 g/mol. The van der Waals surface area contributed by atoms with E-state index in [1.165, 1.54) is 21.9 Å². The first-order chi connectivity index (χ1) is 10.7. The highest BCUT2D eigenvalue weighted by atomic mass is 14.8. The quantitative estimate of drug-likeness (QED) is 0.579. The minimum Gasteiger partial charge on any atom is -0.286 e. The summed E-state index contributed by atoms with van der Waals surface area (Å²) >= 11 is 0. The number of fused-ring (bicyclic) bond motifs is 1. The zero-order valence-electron chi connectivity index (χ0n) is 13.2. The Bertz CT molecular complexity index is 782. The van der Waals surface area contributed by atoms with Crippen LogP contribution in [0.15, 0.2) is 77.8 Å². The molecular formula is C21H21N. The van der Waals surface area contributed by atoms with Crippen LogP contribution < -0.4 is 0 Å². The molecule has 0 radical (unpaired) electrons. The van der Waals surface area contributed by atoms with Crippen molar-refractivity contribution >= 4 is 16.5 Å². The van der Waals surface area contributed by atoms with Crippen molar-refractivity contribution < 1.29 is 0 Å². The summed E-state index contributed by atoms with van der Waals surface area (Å²) in [5.41, 5.74) is 3.68. The molecule has 0 saturated heterocycles. The first kappa shape index (κ1) is 14.5. The van der Waals surface area contributed by atoms with Gasteiger partial charge in [-0.3, -0.25) is 4.99 Å². The Morgan fingerprint density at radius 1 is 0.864 bits per heavy atom. The molecule has 0 heterocycles. The summed E-state index contributed by atoms with van der Waals surface area (Å²) in [6.07, 6.45) is 0.975. The molecule has 0 aliphatic carbocycles. The van der Waals surface area contributed by atoms with Gasteiger partial charge in [-0.1, -0.05) is 72.8 Å². The summed E-state index contributed by atoms with van der Waals surface area (Å²) in [6, 6.07) is 25.8. The van der Waals surface area contributed by atoms with Gasteiger partial charge in [0.05, 0.1) is 6.04 Å². The highest BCUT2D eigenvalue weighted by Gasteiger charge is 2.06. The Kier molecular flexibility index (Phi) is 4.34. The Morgan fingerprint density at radius 2 is 1.55 bits per heavy atom. The van der Waals surface area contributed by atoms with Crippen molar-refractivity contribution in [2.45, 2.75) is 26.3 Å². The van der Waals surface area contributed by atoms with Crippen LogP contribution in [0, 0.1) is 0 Å². The van der Waals surface area contributed by atoms with Crippen LogP contribution in [0.25, 0.3) is 10.8 Å². The second-order valence-electron chi connectivity index (χ2n) is 5.78. The number of benzene rings is 3. The molecule has 110 valence electrons. The maximum atomic E-state index is 4.91. The van der Waals surface area contributed by atoms with Gasteiger partial charge in [0.15, 0.2) is 0 Å². The molecule has 0 spiro atoms. The predicted octanol–water partition coefficient (Wildman–Crippen LogP) is 5.28. The molecule has 3 rings (SSSR count). The summed E-state index contributed by atoms with van der Waals surface area (Å²) in [6.45, 7) is 4.30. The number of rotatable bonds is 4. The van der Waals surface area contributed by atoms with Gasteiger partial charge in [0.2, 0.25) is 0 Å². The van der Waals surface area contributed by atoms with Gasteiger partial charge in [-0.05, 0) is 36.6 Å². The Morgan fingerprint density at radius 3 is 2.36 bits per heavy atom. The van der Waals surface area contributed by atoms with Crippen molar-refractivity contribution in [2.75, 3.05) is 0 Å². The molecule has 0 amide bonds. The van der Waals surface area contributed by atoms with Crippen LogP contribution in [0.3, 0.4) is 0 Å². The van der Waals surface area contributed by atoms with E-state index >= 15 is 0 Å². The van der Waals surface area contributed by atoms with Gasteiger partial charge in [0.1, 0.15) is 0 Å². The molecule has 0 saturated carbocycles. The lowest BCUT2D eigenvalue weighted by Crippen LogP contribution is -2.07. The summed E-state index contributed by atoms with van der Waals surface area (Å²) < 4.78 is 0. The minimum atomic E-state index is 0.279. The van der Waals surface area contributed by atoms with Crippen LogP contribution in [0.1, 0.15) is 25.0 Å². The lowest BCUT2D eigenvalue weighted by molar-refractivity contribution is 0.740. The Labute approximate surface area is 132 Å². The summed E-state index contributed by atoms with van der Waals surface area (Å²) in [5, 5.41) is 2.54. The summed E-state index contributed by atoms with van der Waals surface area (Å²) in [5.74, 6) is 0. The lowest BCUT2D eigenvalue weighted by Gasteiger charge is -2.11. The average Bonchev–Trinajstić information content (AvgIpc) is 2.55. The predicted molar refractivity (Wildman–Crippen MR) is 95.8 cm³/mol. The summed E-state index contributed by atoms with van der Waals surface area (Å²) in [4.78, 5) is 4.91. The maximum Gasteiger partial charge on any atom is 0.0515 e. The van der Waals surface area contributed by atoms with E-state index < -0.39 is 0 Å². The molecular weight excluding hydrogens is 266 g/mol. The van der Waals surface area contributed by atoms with Gasteiger partial charge in [-0.25, -0.2) is 0 Å². The molecule has 3 aromatic carbocycles. The standard InChI is InChI=1S/C21H21N/c1-16(15-18-9-4-3-5-10-18)22-17(2)20-14-8-12-19-11-6-7-13-21(19)20/h3-14,16H,15H2,1-2H3. The second-order valence-corrected chi connectivity index (χ2v) is 5.78. The highest BCUT2D eigenvalue weighted by Crippen LogP contribution is 2.20. The topological polar surface area (TPSA) is 12.4 Å². The van der Waals surface area contributed by atoms with E-state index in [-0.39, 0.29) is 6.04 Å². The fourth-order valence-corrected chi connectivity index (χ4v) is 2.94. The molecule has 0 fully saturated rings. The Hall–Kier alpha value is -2.41. The highest BCUT2D eigenvalue weighted by molar-refractivity contribution is 6.09. The molecule has 0 aliphatic heterocycles. The van der Waals surface area contributed by atoms with Gasteiger partial charge in [-0.2, -0.15) is 0 Å². The van der Waals surface area contributed by atoms with E-state index in [0.717, 1.165) is 12.1 Å². The van der Waals surface area contributed by atoms with Crippen molar-refractivity contribution in [1.29, 1.82) is 0 Å². The molecule has 3 aromatic rings. The lowest BCUT2D eigenvalue weighted by atomic mass is 10.0. The van der Waals surface area contributed by atoms with E-state index in [4.69, 9.17) is 4.99 Å². The number of hydrogen-bond donors (Lipinski definition) is 0. The SMILES string of the molecule is CC(=NC(C)Cc1ccccc1)c1cccc2ccccc12. The first-order valence-corrected chi connectivity index (χ1v) is 7.80. The second kappa shape index (κ2) is 6.57. The van der Waals surface area contributed by atoms with Crippen LogP contribution in [-0.2, 0) is 6.42 Å².